The number of aromatic carboxylic acids is 1. The van der Waals surface area contributed by atoms with Gasteiger partial charge in [-0.05, 0) is 97.5 Å². The molecule has 4 aromatic heterocycles. The number of hydrogen-bond donors (Lipinski definition) is 3. The lowest BCUT2D eigenvalue weighted by Gasteiger charge is -2.05. The number of carbonyl (C=O) groups is 2. The second-order valence-electron chi connectivity index (χ2n) is 10.6. The summed E-state index contributed by atoms with van der Waals surface area (Å²) in [5.74, 6) is -0.755. The van der Waals surface area contributed by atoms with Gasteiger partial charge < -0.3 is 16.2 Å². The number of halogens is 2. The summed E-state index contributed by atoms with van der Waals surface area (Å²) in [7, 11) is 0. The highest BCUT2D eigenvalue weighted by Gasteiger charge is 2.10. The first-order valence-corrected chi connectivity index (χ1v) is 15.4. The average molecular weight is 683 g/mol. The Bertz CT molecular complexity index is 1880. The zero-order valence-corrected chi connectivity index (χ0v) is 27.0. The highest BCUT2D eigenvalue weighted by Crippen LogP contribution is 2.13. The van der Waals surface area contributed by atoms with Gasteiger partial charge in [0.15, 0.2) is 11.4 Å². The lowest BCUT2D eigenvalue weighted by Crippen LogP contribution is -2.14. The molecule has 0 aliphatic carbocycles. The summed E-state index contributed by atoms with van der Waals surface area (Å²) < 4.78 is 28.8. The average Bonchev–Trinajstić information content (AvgIpc) is 3.80. The number of amides is 1. The van der Waals surface area contributed by atoms with E-state index in [4.69, 9.17) is 10.8 Å². The summed E-state index contributed by atoms with van der Waals surface area (Å²) in [5.41, 5.74) is 10.0. The first-order chi connectivity index (χ1) is 23.6. The maximum atomic E-state index is 12.9. The van der Waals surface area contributed by atoms with Crippen molar-refractivity contribution in [2.75, 3.05) is 11.1 Å². The van der Waals surface area contributed by atoms with E-state index < -0.39 is 5.97 Å². The number of anilines is 2. The molecule has 0 fully saturated rings. The molecule has 4 heterocycles. The van der Waals surface area contributed by atoms with E-state index in [9.17, 15) is 18.4 Å². The van der Waals surface area contributed by atoms with Gasteiger partial charge in [-0.15, -0.1) is 0 Å². The Morgan fingerprint density at radius 1 is 0.680 bits per heavy atom. The van der Waals surface area contributed by atoms with Crippen molar-refractivity contribution in [3.63, 3.8) is 0 Å². The van der Waals surface area contributed by atoms with Crippen LogP contribution in [-0.4, -0.2) is 46.5 Å². The fourth-order valence-corrected chi connectivity index (χ4v) is 4.31. The molecule has 0 bridgehead atoms. The molecule has 0 radical (unpaired) electrons. The van der Waals surface area contributed by atoms with Crippen molar-refractivity contribution in [3.8, 4) is 0 Å². The minimum Gasteiger partial charge on any atom is -0.476 e. The van der Waals surface area contributed by atoms with Gasteiger partial charge in [-0.3, -0.25) is 14.2 Å². The minimum absolute atomic E-state index is 0. The number of nitrogens with zero attached hydrogens (tertiary/aromatic N) is 6. The zero-order valence-electron chi connectivity index (χ0n) is 27.0. The number of rotatable bonds is 9. The number of carboxylic acids is 1. The van der Waals surface area contributed by atoms with Crippen LogP contribution in [0.25, 0.3) is 0 Å². The first-order valence-electron chi connectivity index (χ1n) is 15.4. The lowest BCUT2D eigenvalue weighted by molar-refractivity contribution is 0.0689. The predicted octanol–water partition coefficient (Wildman–Crippen LogP) is 6.91. The number of nitrogens with two attached hydrogens (primary N) is 1. The monoisotopic (exact) mass is 682 g/mol. The Labute approximate surface area is 289 Å². The van der Waals surface area contributed by atoms with Crippen LogP contribution in [0.4, 0.5) is 20.4 Å². The summed E-state index contributed by atoms with van der Waals surface area (Å²) in [5, 5.41) is 19.0. The van der Waals surface area contributed by atoms with Gasteiger partial charge in [0.2, 0.25) is 0 Å². The van der Waals surface area contributed by atoms with Crippen LogP contribution in [0, 0.1) is 11.6 Å². The maximum absolute atomic E-state index is 12.9. The van der Waals surface area contributed by atoms with Gasteiger partial charge in [0.1, 0.15) is 23.3 Å². The van der Waals surface area contributed by atoms with E-state index in [-0.39, 0.29) is 30.7 Å². The highest BCUT2D eigenvalue weighted by molar-refractivity contribution is 6.02. The third kappa shape index (κ3) is 12.1. The number of nitrogen functional groups attached to an aromatic ring is 1. The van der Waals surface area contributed by atoms with Crippen molar-refractivity contribution in [1.29, 1.82) is 0 Å². The molecule has 13 heteroatoms. The van der Waals surface area contributed by atoms with Crippen LogP contribution >= 0.6 is 0 Å². The Morgan fingerprint density at radius 2 is 1.14 bits per heavy atom. The lowest BCUT2D eigenvalue weighted by atomic mass is 10.1. The van der Waals surface area contributed by atoms with E-state index in [1.807, 2.05) is 26.0 Å². The third-order valence-corrected chi connectivity index (χ3v) is 6.94. The molecule has 4 N–H and O–H groups in total. The summed E-state index contributed by atoms with van der Waals surface area (Å²) in [4.78, 5) is 30.6. The minimum atomic E-state index is -0.979. The molecule has 0 aliphatic rings. The number of hydrogen-bond acceptors (Lipinski definition) is 7. The van der Waals surface area contributed by atoms with Crippen molar-refractivity contribution in [2.24, 2.45) is 0 Å². The normalized spacial score (nSPS) is 10.1. The van der Waals surface area contributed by atoms with E-state index in [0.29, 0.717) is 36.8 Å². The van der Waals surface area contributed by atoms with Gasteiger partial charge in [-0.1, -0.05) is 43.8 Å². The molecule has 0 saturated carbocycles. The Hall–Kier alpha value is -6.24. The maximum Gasteiger partial charge on any atom is 0.356 e. The van der Waals surface area contributed by atoms with E-state index in [2.05, 4.69) is 25.5 Å². The summed E-state index contributed by atoms with van der Waals surface area (Å²) in [6, 6.07) is 23.3. The molecule has 2 aromatic carbocycles. The quantitative estimate of drug-likeness (QED) is 0.149. The molecule has 50 heavy (non-hydrogen) atoms. The predicted molar refractivity (Wildman–Crippen MR) is 189 cm³/mol. The molecule has 11 nitrogen and oxygen atoms in total. The Kier molecular flexibility index (Phi) is 14.5. The van der Waals surface area contributed by atoms with Crippen LogP contribution < -0.4 is 11.1 Å². The third-order valence-electron chi connectivity index (χ3n) is 6.94. The smallest absolute Gasteiger partial charge is 0.356 e. The summed E-state index contributed by atoms with van der Waals surface area (Å²) in [6.45, 7) is 5.27. The van der Waals surface area contributed by atoms with Gasteiger partial charge in [0.25, 0.3) is 5.91 Å². The fraction of sp³-hybridized carbons (Fsp3) is 0.189. The van der Waals surface area contributed by atoms with Crippen molar-refractivity contribution < 1.29 is 23.5 Å². The van der Waals surface area contributed by atoms with Crippen LogP contribution in [-0.2, 0) is 25.9 Å². The van der Waals surface area contributed by atoms with Crippen LogP contribution in [0.3, 0.4) is 0 Å². The second kappa shape index (κ2) is 18.9. The van der Waals surface area contributed by atoms with E-state index in [1.54, 1.807) is 76.6 Å². The number of pyridine rings is 2. The number of carboxylic acid groups (broad SMARTS) is 1. The summed E-state index contributed by atoms with van der Waals surface area (Å²) in [6.07, 6.45) is 8.23. The van der Waals surface area contributed by atoms with Crippen LogP contribution in [0.5, 0.6) is 0 Å². The van der Waals surface area contributed by atoms with Gasteiger partial charge in [-0.25, -0.2) is 23.5 Å². The molecule has 260 valence electrons. The zero-order chi connectivity index (χ0) is 35.2. The molecule has 0 aliphatic heterocycles. The van der Waals surface area contributed by atoms with Crippen molar-refractivity contribution in [3.05, 3.63) is 155 Å². The SMILES string of the molecule is C.CCn1ccc(C(=O)Nc2ccc(Cc3ccc(F)cc3)cn2)n1.CCn1ccc(C(=O)O)n1.Nc1ccc(Cc2ccc(F)cc2)cn1. The Morgan fingerprint density at radius 3 is 1.54 bits per heavy atom. The van der Waals surface area contributed by atoms with Crippen LogP contribution in [0.15, 0.2) is 110 Å². The number of aromatic nitrogens is 6. The topological polar surface area (TPSA) is 154 Å². The molecule has 0 saturated heterocycles. The van der Waals surface area contributed by atoms with Gasteiger partial charge in [0, 0.05) is 37.9 Å². The number of nitrogens with one attached hydrogen (secondary N) is 1. The standard InChI is InChI=1S/C18H17FN4O.C12H11FN2.C6H8N2O2.CH4/c1-2-23-10-9-16(22-23)18(24)21-17-8-5-14(12-20-17)11-13-3-6-15(19)7-4-13;13-11-4-1-9(2-5-11)7-10-3-6-12(14)15-8-10;1-2-8-4-3-5(7-8)6(9)10;/h3-10,12H,2,11H2,1H3,(H,20,21,24);1-6,8H,7H2,(H2,14,15);3-4H,2H2,1H3,(H,9,10);1H4. The second-order valence-corrected chi connectivity index (χ2v) is 10.6. The van der Waals surface area contributed by atoms with E-state index in [1.165, 1.54) is 30.3 Å². The molecular weight excluding hydrogens is 642 g/mol. The van der Waals surface area contributed by atoms with Crippen LogP contribution in [0.2, 0.25) is 0 Å². The van der Waals surface area contributed by atoms with Crippen molar-refractivity contribution in [1.82, 2.24) is 29.5 Å². The molecule has 1 amide bonds. The highest BCUT2D eigenvalue weighted by atomic mass is 19.1. The number of aryl methyl sites for hydroxylation is 2. The fourth-order valence-electron chi connectivity index (χ4n) is 4.31. The van der Waals surface area contributed by atoms with Gasteiger partial charge in [-0.2, -0.15) is 10.2 Å². The largest absolute Gasteiger partial charge is 0.476 e. The summed E-state index contributed by atoms with van der Waals surface area (Å²) >= 11 is 0. The van der Waals surface area contributed by atoms with Crippen molar-refractivity contribution in [2.45, 2.75) is 47.2 Å². The van der Waals surface area contributed by atoms with Gasteiger partial charge in [0.05, 0.1) is 0 Å². The van der Waals surface area contributed by atoms with E-state index in [0.717, 1.165) is 28.7 Å². The van der Waals surface area contributed by atoms with E-state index >= 15 is 0 Å². The molecule has 6 aromatic rings. The number of carbonyl (C=O) groups excluding carboxylic acids is 1. The molecular formula is C37H40F2N8O3. The first kappa shape index (κ1) is 38.2. The number of benzene rings is 2. The molecule has 6 rings (SSSR count). The van der Waals surface area contributed by atoms with Gasteiger partial charge >= 0.3 is 5.97 Å². The molecule has 0 unspecified atom stereocenters. The Balaban J connectivity index is 0.000000222. The molecule has 0 atom stereocenters. The molecule has 0 spiro atoms. The van der Waals surface area contributed by atoms with Crippen LogP contribution in [0.1, 0.15) is 64.5 Å². The van der Waals surface area contributed by atoms with Crippen molar-refractivity contribution >= 4 is 23.5 Å².